The molecule has 0 saturated carbocycles. The maximum Gasteiger partial charge on any atom is 0.257 e. The van der Waals surface area contributed by atoms with Gasteiger partial charge in [0.15, 0.2) is 5.82 Å². The van der Waals surface area contributed by atoms with Crippen LogP contribution in [-0.4, -0.2) is 53.5 Å². The van der Waals surface area contributed by atoms with Gasteiger partial charge in [0.05, 0.1) is 11.7 Å². The summed E-state index contributed by atoms with van der Waals surface area (Å²) < 4.78 is 5.41. The average molecular weight is 356 g/mol. The number of likely N-dealkylation sites (N-methyl/N-ethyl adjacent to an activating group) is 1. The molecule has 2 aliphatic rings. The van der Waals surface area contributed by atoms with E-state index in [1.54, 1.807) is 24.3 Å². The van der Waals surface area contributed by atoms with Crippen LogP contribution in [0.1, 0.15) is 24.7 Å². The van der Waals surface area contributed by atoms with Crippen LogP contribution in [0.2, 0.25) is 0 Å². The van der Waals surface area contributed by atoms with Gasteiger partial charge in [-0.25, -0.2) is 5.01 Å². The normalized spacial score (nSPS) is 21.7. The zero-order valence-corrected chi connectivity index (χ0v) is 14.4. The summed E-state index contributed by atoms with van der Waals surface area (Å²) in [6.45, 7) is 2.66. The lowest BCUT2D eigenvalue weighted by Gasteiger charge is -2.30. The lowest BCUT2D eigenvalue weighted by Crippen LogP contribution is -2.50. The Labute approximate surface area is 150 Å². The standard InChI is InChI=1S/C17H20N6O3/c1-22-9-8-18-10-13(22)16-19-17(26-21-16)11-2-4-12(5-3-11)23-15(25)7-6-14(24)20-23/h2-5,13,18H,6-10H2,1H3,(H,20,24). The fraction of sp³-hybridized carbons (Fsp3) is 0.412. The number of carbonyl (C=O) groups is 2. The van der Waals surface area contributed by atoms with Gasteiger partial charge in [-0.05, 0) is 31.3 Å². The number of hydrogen-bond donors (Lipinski definition) is 2. The van der Waals surface area contributed by atoms with Crippen molar-refractivity contribution in [3.8, 4) is 11.5 Å². The van der Waals surface area contributed by atoms with Crippen LogP contribution in [0, 0.1) is 0 Å². The first-order valence-electron chi connectivity index (χ1n) is 8.59. The maximum absolute atomic E-state index is 12.0. The molecular formula is C17H20N6O3. The fourth-order valence-electron chi connectivity index (χ4n) is 3.12. The van der Waals surface area contributed by atoms with E-state index in [0.717, 1.165) is 25.2 Å². The van der Waals surface area contributed by atoms with Gasteiger partial charge in [-0.2, -0.15) is 4.98 Å². The molecule has 4 rings (SSSR count). The summed E-state index contributed by atoms with van der Waals surface area (Å²) in [7, 11) is 2.04. The Bertz CT molecular complexity index is 818. The maximum atomic E-state index is 12.0. The highest BCUT2D eigenvalue weighted by atomic mass is 16.5. The zero-order chi connectivity index (χ0) is 18.1. The van der Waals surface area contributed by atoms with E-state index in [0.29, 0.717) is 17.4 Å². The summed E-state index contributed by atoms with van der Waals surface area (Å²) in [6.07, 6.45) is 0.437. The van der Waals surface area contributed by atoms with Crippen LogP contribution < -0.4 is 15.8 Å². The van der Waals surface area contributed by atoms with E-state index in [1.807, 2.05) is 7.05 Å². The van der Waals surface area contributed by atoms with E-state index < -0.39 is 0 Å². The largest absolute Gasteiger partial charge is 0.334 e. The third-order valence-electron chi connectivity index (χ3n) is 4.68. The van der Waals surface area contributed by atoms with Crippen molar-refractivity contribution >= 4 is 17.5 Å². The van der Waals surface area contributed by atoms with Crippen LogP contribution >= 0.6 is 0 Å². The van der Waals surface area contributed by atoms with E-state index >= 15 is 0 Å². The molecule has 136 valence electrons. The first-order valence-corrected chi connectivity index (χ1v) is 8.59. The number of nitrogens with one attached hydrogen (secondary N) is 2. The zero-order valence-electron chi connectivity index (χ0n) is 14.4. The molecule has 2 aliphatic heterocycles. The highest BCUT2D eigenvalue weighted by Crippen LogP contribution is 2.25. The molecule has 1 aromatic carbocycles. The van der Waals surface area contributed by atoms with E-state index in [2.05, 4.69) is 25.8 Å². The Morgan fingerprint density at radius 1 is 1.19 bits per heavy atom. The molecule has 0 spiro atoms. The number of anilines is 1. The summed E-state index contributed by atoms with van der Waals surface area (Å²) >= 11 is 0. The number of aromatic nitrogens is 2. The smallest absolute Gasteiger partial charge is 0.257 e. The molecule has 1 aromatic heterocycles. The van der Waals surface area contributed by atoms with Crippen LogP contribution in [-0.2, 0) is 9.59 Å². The van der Waals surface area contributed by atoms with Crippen molar-refractivity contribution in [3.05, 3.63) is 30.1 Å². The monoisotopic (exact) mass is 356 g/mol. The van der Waals surface area contributed by atoms with Crippen LogP contribution in [0.15, 0.2) is 28.8 Å². The van der Waals surface area contributed by atoms with Crippen LogP contribution in [0.3, 0.4) is 0 Å². The predicted molar refractivity (Wildman–Crippen MR) is 92.8 cm³/mol. The molecule has 2 N–H and O–H groups in total. The second kappa shape index (κ2) is 6.85. The summed E-state index contributed by atoms with van der Waals surface area (Å²) in [4.78, 5) is 30.2. The van der Waals surface area contributed by atoms with Crippen molar-refractivity contribution in [1.29, 1.82) is 0 Å². The Morgan fingerprint density at radius 3 is 2.77 bits per heavy atom. The van der Waals surface area contributed by atoms with Gasteiger partial charge in [0.1, 0.15) is 0 Å². The van der Waals surface area contributed by atoms with Gasteiger partial charge in [0.25, 0.3) is 5.89 Å². The lowest BCUT2D eigenvalue weighted by molar-refractivity contribution is -0.130. The molecule has 1 atom stereocenters. The molecule has 0 radical (unpaired) electrons. The van der Waals surface area contributed by atoms with Gasteiger partial charge in [0.2, 0.25) is 11.8 Å². The second-order valence-corrected chi connectivity index (χ2v) is 6.47. The van der Waals surface area contributed by atoms with E-state index in [9.17, 15) is 9.59 Å². The van der Waals surface area contributed by atoms with E-state index in [4.69, 9.17) is 4.52 Å². The highest BCUT2D eigenvalue weighted by molar-refractivity contribution is 6.01. The van der Waals surface area contributed by atoms with E-state index in [1.165, 1.54) is 5.01 Å². The summed E-state index contributed by atoms with van der Waals surface area (Å²) in [5.74, 6) is 0.780. The quantitative estimate of drug-likeness (QED) is 0.824. The molecule has 2 amide bonds. The van der Waals surface area contributed by atoms with Crippen LogP contribution in [0.25, 0.3) is 11.5 Å². The Kier molecular flexibility index (Phi) is 4.39. The highest BCUT2D eigenvalue weighted by Gasteiger charge is 2.26. The van der Waals surface area contributed by atoms with Crippen molar-refractivity contribution in [3.63, 3.8) is 0 Å². The summed E-state index contributed by atoms with van der Waals surface area (Å²) in [5, 5.41) is 8.72. The predicted octanol–water partition coefficient (Wildman–Crippen LogP) is 0.471. The molecule has 2 fully saturated rings. The number of rotatable bonds is 3. The summed E-state index contributed by atoms with van der Waals surface area (Å²) in [6, 6.07) is 7.17. The minimum atomic E-state index is -0.166. The van der Waals surface area contributed by atoms with Crippen molar-refractivity contribution < 1.29 is 14.1 Å². The van der Waals surface area contributed by atoms with Crippen LogP contribution in [0.5, 0.6) is 0 Å². The van der Waals surface area contributed by atoms with Gasteiger partial charge in [-0.1, -0.05) is 5.16 Å². The molecular weight excluding hydrogens is 336 g/mol. The molecule has 3 heterocycles. The third-order valence-corrected chi connectivity index (χ3v) is 4.68. The molecule has 0 bridgehead atoms. The molecule has 2 saturated heterocycles. The Hall–Kier alpha value is -2.78. The van der Waals surface area contributed by atoms with Crippen molar-refractivity contribution in [2.45, 2.75) is 18.9 Å². The number of hydrogen-bond acceptors (Lipinski definition) is 7. The Balaban J connectivity index is 1.52. The number of hydrazine groups is 1. The average Bonchev–Trinajstić information content (AvgIpc) is 3.14. The molecule has 9 heteroatoms. The number of benzene rings is 1. The van der Waals surface area contributed by atoms with Crippen molar-refractivity contribution in [2.75, 3.05) is 31.7 Å². The number of amides is 2. The molecule has 9 nitrogen and oxygen atoms in total. The lowest BCUT2D eigenvalue weighted by atomic mass is 10.1. The van der Waals surface area contributed by atoms with Gasteiger partial charge >= 0.3 is 0 Å². The Morgan fingerprint density at radius 2 is 2.00 bits per heavy atom. The fourth-order valence-corrected chi connectivity index (χ4v) is 3.12. The molecule has 26 heavy (non-hydrogen) atoms. The summed E-state index contributed by atoms with van der Waals surface area (Å²) in [5.41, 5.74) is 3.93. The molecule has 0 aliphatic carbocycles. The minimum Gasteiger partial charge on any atom is -0.334 e. The number of piperazine rings is 1. The SMILES string of the molecule is CN1CCNCC1c1noc(-c2ccc(N3NC(=O)CCC3=O)cc2)n1. The van der Waals surface area contributed by atoms with Crippen LogP contribution in [0.4, 0.5) is 5.69 Å². The van der Waals surface area contributed by atoms with Crippen molar-refractivity contribution in [2.24, 2.45) is 0 Å². The number of nitrogens with zero attached hydrogens (tertiary/aromatic N) is 4. The van der Waals surface area contributed by atoms with Gasteiger partial charge in [0, 0.05) is 38.0 Å². The topological polar surface area (TPSA) is 104 Å². The van der Waals surface area contributed by atoms with Gasteiger partial charge < -0.3 is 9.84 Å². The first-order chi connectivity index (χ1) is 12.6. The minimum absolute atomic E-state index is 0.0849. The van der Waals surface area contributed by atoms with E-state index in [-0.39, 0.29) is 30.7 Å². The molecule has 2 aromatic rings. The van der Waals surface area contributed by atoms with Crippen molar-refractivity contribution in [1.82, 2.24) is 25.8 Å². The van der Waals surface area contributed by atoms with Gasteiger partial charge in [-0.3, -0.25) is 19.9 Å². The third kappa shape index (κ3) is 3.18. The first kappa shape index (κ1) is 16.7. The second-order valence-electron chi connectivity index (χ2n) is 6.47. The van der Waals surface area contributed by atoms with Gasteiger partial charge in [-0.15, -0.1) is 0 Å². The number of carbonyl (C=O) groups excluding carboxylic acids is 2. The molecule has 1 unspecified atom stereocenters.